The summed E-state index contributed by atoms with van der Waals surface area (Å²) < 4.78 is 2.91. The van der Waals surface area contributed by atoms with Gasteiger partial charge in [0.25, 0.3) is 0 Å². The molecule has 0 spiro atoms. The van der Waals surface area contributed by atoms with Crippen LogP contribution in [0.2, 0.25) is 0 Å². The van der Waals surface area contributed by atoms with Gasteiger partial charge in [-0.15, -0.1) is 0 Å². The summed E-state index contributed by atoms with van der Waals surface area (Å²) in [4.78, 5) is 4.33. The largest absolute Gasteiger partial charge is 0.322 e. The highest BCUT2D eigenvalue weighted by molar-refractivity contribution is 9.10. The number of aromatic nitrogens is 3. The van der Waals surface area contributed by atoms with Crippen LogP contribution >= 0.6 is 15.9 Å². The maximum Gasteiger partial charge on any atom is 0.0738 e. The van der Waals surface area contributed by atoms with Gasteiger partial charge in [0, 0.05) is 19.7 Å². The molecule has 0 aromatic carbocycles. The summed E-state index contributed by atoms with van der Waals surface area (Å²) >= 11 is 3.56. The summed E-state index contributed by atoms with van der Waals surface area (Å²) in [5.41, 5.74) is 10.4. The van der Waals surface area contributed by atoms with Gasteiger partial charge in [0.15, 0.2) is 0 Å². The Kier molecular flexibility index (Phi) is 3.82. The van der Waals surface area contributed by atoms with E-state index in [2.05, 4.69) is 26.0 Å². The van der Waals surface area contributed by atoms with Gasteiger partial charge in [-0.05, 0) is 47.5 Å². The molecule has 0 aliphatic heterocycles. The minimum absolute atomic E-state index is 0.115. The SMILES string of the molecule is Cc1ccnc(C(N)Cc2c(Br)c(C)nn2C)c1. The molecule has 0 saturated heterocycles. The second-order valence-electron chi connectivity index (χ2n) is 4.54. The minimum atomic E-state index is -0.115. The van der Waals surface area contributed by atoms with Crippen molar-refractivity contribution in [2.45, 2.75) is 26.3 Å². The summed E-state index contributed by atoms with van der Waals surface area (Å²) in [6.07, 6.45) is 2.52. The molecule has 0 radical (unpaired) electrons. The van der Waals surface area contributed by atoms with E-state index < -0.39 is 0 Å². The third-order valence-corrected chi connectivity index (χ3v) is 4.02. The van der Waals surface area contributed by atoms with Crippen molar-refractivity contribution in [2.24, 2.45) is 12.8 Å². The fourth-order valence-corrected chi connectivity index (χ4v) is 2.47. The zero-order valence-corrected chi connectivity index (χ0v) is 12.4. The number of nitrogens with two attached hydrogens (primary N) is 1. The molecular weight excluding hydrogens is 292 g/mol. The molecule has 0 saturated carbocycles. The van der Waals surface area contributed by atoms with E-state index in [4.69, 9.17) is 5.73 Å². The van der Waals surface area contributed by atoms with E-state index in [1.807, 2.05) is 37.7 Å². The molecule has 18 heavy (non-hydrogen) atoms. The Morgan fingerprint density at radius 2 is 2.17 bits per heavy atom. The summed E-state index contributed by atoms with van der Waals surface area (Å²) in [5, 5.41) is 4.37. The molecule has 0 amide bonds. The molecule has 1 atom stereocenters. The van der Waals surface area contributed by atoms with Gasteiger partial charge in [-0.1, -0.05) is 0 Å². The maximum atomic E-state index is 6.22. The van der Waals surface area contributed by atoms with Gasteiger partial charge in [-0.3, -0.25) is 9.67 Å². The number of aryl methyl sites for hydroxylation is 3. The van der Waals surface area contributed by atoms with Gasteiger partial charge in [0.1, 0.15) is 0 Å². The Balaban J connectivity index is 2.24. The quantitative estimate of drug-likeness (QED) is 0.947. The van der Waals surface area contributed by atoms with Gasteiger partial charge in [-0.25, -0.2) is 0 Å². The van der Waals surface area contributed by atoms with E-state index in [1.54, 1.807) is 6.20 Å². The van der Waals surface area contributed by atoms with Crippen molar-refractivity contribution in [1.29, 1.82) is 0 Å². The summed E-state index contributed by atoms with van der Waals surface area (Å²) in [7, 11) is 1.93. The first-order valence-corrected chi connectivity index (χ1v) is 6.64. The van der Waals surface area contributed by atoms with Crippen molar-refractivity contribution in [3.63, 3.8) is 0 Å². The first kappa shape index (κ1) is 13.2. The van der Waals surface area contributed by atoms with Crippen LogP contribution in [0, 0.1) is 13.8 Å². The van der Waals surface area contributed by atoms with E-state index in [0.29, 0.717) is 6.42 Å². The zero-order valence-electron chi connectivity index (χ0n) is 10.8. The molecule has 96 valence electrons. The number of hydrogen-bond acceptors (Lipinski definition) is 3. The highest BCUT2D eigenvalue weighted by Gasteiger charge is 2.16. The second kappa shape index (κ2) is 5.20. The summed E-state index contributed by atoms with van der Waals surface area (Å²) in [5.74, 6) is 0. The van der Waals surface area contributed by atoms with E-state index >= 15 is 0 Å². The molecule has 2 N–H and O–H groups in total. The molecule has 2 heterocycles. The monoisotopic (exact) mass is 308 g/mol. The fourth-order valence-electron chi connectivity index (χ4n) is 1.98. The van der Waals surface area contributed by atoms with E-state index in [1.165, 1.54) is 5.56 Å². The van der Waals surface area contributed by atoms with Crippen LogP contribution in [-0.2, 0) is 13.5 Å². The molecular formula is C13H17BrN4. The molecule has 5 heteroatoms. The van der Waals surface area contributed by atoms with Crippen molar-refractivity contribution in [3.05, 3.63) is 45.4 Å². The molecule has 0 fully saturated rings. The van der Waals surface area contributed by atoms with Crippen LogP contribution in [0.3, 0.4) is 0 Å². The predicted octanol–water partition coefficient (Wildman–Crippen LogP) is 2.44. The van der Waals surface area contributed by atoms with E-state index in [-0.39, 0.29) is 6.04 Å². The van der Waals surface area contributed by atoms with Crippen molar-refractivity contribution >= 4 is 15.9 Å². The molecule has 0 bridgehead atoms. The van der Waals surface area contributed by atoms with Crippen LogP contribution in [0.15, 0.2) is 22.8 Å². The molecule has 2 rings (SSSR count). The molecule has 2 aromatic rings. The number of rotatable bonds is 3. The van der Waals surface area contributed by atoms with Crippen LogP contribution in [0.1, 0.15) is 28.7 Å². The van der Waals surface area contributed by atoms with Gasteiger partial charge < -0.3 is 5.73 Å². The zero-order chi connectivity index (χ0) is 13.3. The highest BCUT2D eigenvalue weighted by atomic mass is 79.9. The van der Waals surface area contributed by atoms with Gasteiger partial charge in [-0.2, -0.15) is 5.10 Å². The van der Waals surface area contributed by atoms with Crippen LogP contribution in [0.25, 0.3) is 0 Å². The van der Waals surface area contributed by atoms with Crippen LogP contribution in [0.4, 0.5) is 0 Å². The number of hydrogen-bond donors (Lipinski definition) is 1. The Morgan fingerprint density at radius 3 is 2.72 bits per heavy atom. The van der Waals surface area contributed by atoms with Gasteiger partial charge in [0.05, 0.1) is 27.6 Å². The summed E-state index contributed by atoms with van der Waals surface area (Å²) in [6, 6.07) is 3.89. The summed E-state index contributed by atoms with van der Waals surface area (Å²) in [6.45, 7) is 4.02. The molecule has 0 aliphatic carbocycles. The predicted molar refractivity (Wildman–Crippen MR) is 75.3 cm³/mol. The molecule has 0 aliphatic rings. The Labute approximate surface area is 115 Å². The lowest BCUT2D eigenvalue weighted by Crippen LogP contribution is -2.17. The first-order chi connectivity index (χ1) is 8.49. The standard InChI is InChI=1S/C13H17BrN4/c1-8-4-5-16-11(6-8)10(15)7-12-13(14)9(2)17-18(12)3/h4-6,10H,7,15H2,1-3H3. The van der Waals surface area contributed by atoms with Crippen molar-refractivity contribution in [2.75, 3.05) is 0 Å². The Morgan fingerprint density at radius 1 is 1.44 bits per heavy atom. The van der Waals surface area contributed by atoms with E-state index in [9.17, 15) is 0 Å². The number of halogens is 1. The Bertz CT molecular complexity index is 562. The first-order valence-electron chi connectivity index (χ1n) is 5.85. The van der Waals surface area contributed by atoms with Crippen molar-refractivity contribution < 1.29 is 0 Å². The average Bonchev–Trinajstić information content (AvgIpc) is 2.56. The topological polar surface area (TPSA) is 56.7 Å². The molecule has 2 aromatic heterocycles. The average molecular weight is 309 g/mol. The minimum Gasteiger partial charge on any atom is -0.322 e. The lowest BCUT2D eigenvalue weighted by Gasteiger charge is -2.12. The molecule has 4 nitrogen and oxygen atoms in total. The lowest BCUT2D eigenvalue weighted by atomic mass is 10.1. The third-order valence-electron chi connectivity index (χ3n) is 2.99. The van der Waals surface area contributed by atoms with Crippen LogP contribution in [0.5, 0.6) is 0 Å². The third kappa shape index (κ3) is 2.62. The second-order valence-corrected chi connectivity index (χ2v) is 5.33. The smallest absolute Gasteiger partial charge is 0.0738 e. The normalized spacial score (nSPS) is 12.7. The number of pyridine rings is 1. The van der Waals surface area contributed by atoms with Crippen molar-refractivity contribution in [3.8, 4) is 0 Å². The van der Waals surface area contributed by atoms with Crippen molar-refractivity contribution in [1.82, 2.24) is 14.8 Å². The van der Waals surface area contributed by atoms with Crippen LogP contribution < -0.4 is 5.73 Å². The fraction of sp³-hybridized carbons (Fsp3) is 0.385. The van der Waals surface area contributed by atoms with Gasteiger partial charge in [0.2, 0.25) is 0 Å². The maximum absolute atomic E-state index is 6.22. The van der Waals surface area contributed by atoms with Crippen LogP contribution in [-0.4, -0.2) is 14.8 Å². The van der Waals surface area contributed by atoms with E-state index in [0.717, 1.165) is 21.6 Å². The lowest BCUT2D eigenvalue weighted by molar-refractivity contribution is 0.627. The van der Waals surface area contributed by atoms with Gasteiger partial charge >= 0.3 is 0 Å². The Hall–Kier alpha value is -1.20. The highest BCUT2D eigenvalue weighted by Crippen LogP contribution is 2.24. The molecule has 1 unspecified atom stereocenters. The number of nitrogens with zero attached hydrogens (tertiary/aromatic N) is 3.